The highest BCUT2D eigenvalue weighted by molar-refractivity contribution is 7.89. The fourth-order valence-electron chi connectivity index (χ4n) is 3.49. The summed E-state index contributed by atoms with van der Waals surface area (Å²) >= 11 is 0. The second kappa shape index (κ2) is 10.6. The lowest BCUT2D eigenvalue weighted by Crippen LogP contribution is -2.32. The first-order chi connectivity index (χ1) is 15.3. The van der Waals surface area contributed by atoms with Crippen LogP contribution in [-0.4, -0.2) is 41.5 Å². The average Bonchev–Trinajstić information content (AvgIpc) is 3.12. The number of aryl methyl sites for hydroxylation is 1. The molecule has 0 fully saturated rings. The molecule has 0 saturated heterocycles. The van der Waals surface area contributed by atoms with Crippen LogP contribution in [0, 0.1) is 6.92 Å². The Morgan fingerprint density at radius 1 is 1.00 bits per heavy atom. The summed E-state index contributed by atoms with van der Waals surface area (Å²) in [6.45, 7) is 7.26. The monoisotopic (exact) mass is 454 g/mol. The van der Waals surface area contributed by atoms with Gasteiger partial charge in [-0.25, -0.2) is 13.1 Å². The lowest BCUT2D eigenvalue weighted by atomic mass is 10.2. The number of anilines is 1. The zero-order valence-electron chi connectivity index (χ0n) is 18.8. The van der Waals surface area contributed by atoms with Crippen molar-refractivity contribution in [1.29, 1.82) is 0 Å². The van der Waals surface area contributed by atoms with Crippen molar-refractivity contribution in [3.05, 3.63) is 77.5 Å². The number of nitrogens with zero attached hydrogens (tertiary/aromatic N) is 3. The minimum Gasteiger partial charge on any atom is -0.307 e. The number of amides is 1. The molecule has 1 N–H and O–H groups in total. The van der Waals surface area contributed by atoms with E-state index < -0.39 is 10.0 Å². The molecule has 32 heavy (non-hydrogen) atoms. The molecule has 2 aromatic carbocycles. The highest BCUT2D eigenvalue weighted by Crippen LogP contribution is 2.19. The molecule has 1 heterocycles. The number of hydrogen-bond acceptors (Lipinski definition) is 4. The molecule has 1 amide bonds. The maximum absolute atomic E-state index is 12.9. The molecule has 0 aliphatic carbocycles. The quantitative estimate of drug-likeness (QED) is 0.495. The van der Waals surface area contributed by atoms with E-state index in [1.807, 2.05) is 57.2 Å². The van der Waals surface area contributed by atoms with Gasteiger partial charge in [0.15, 0.2) is 0 Å². The van der Waals surface area contributed by atoms with Gasteiger partial charge in [-0.15, -0.1) is 0 Å². The Hall–Kier alpha value is -2.97. The average molecular weight is 455 g/mol. The van der Waals surface area contributed by atoms with Crippen molar-refractivity contribution in [3.8, 4) is 0 Å². The Labute approximate surface area is 190 Å². The van der Waals surface area contributed by atoms with Gasteiger partial charge in [0.2, 0.25) is 10.0 Å². The molecule has 0 aliphatic rings. The number of carbonyl (C=O) groups excluding carboxylic acids is 1. The molecule has 0 radical (unpaired) electrons. The van der Waals surface area contributed by atoms with Gasteiger partial charge in [0.25, 0.3) is 5.91 Å². The molecule has 0 bridgehead atoms. The number of aromatic nitrogens is 2. The molecule has 3 aromatic rings. The summed E-state index contributed by atoms with van der Waals surface area (Å²) in [4.78, 5) is 13.0. The standard InChI is InChI=1S/C24H30N4O3S/c1-4-15-27(16-5-2)32(30,31)22-13-11-21(12-14-22)24(29)25-23-17-19(3)26-28(23)18-20-9-7-6-8-10-20/h6-14,17H,4-5,15-16,18H2,1-3H3,(H,25,29). The van der Waals surface area contributed by atoms with Crippen molar-refractivity contribution >= 4 is 21.7 Å². The van der Waals surface area contributed by atoms with Crippen LogP contribution in [0.25, 0.3) is 0 Å². The third-order valence-corrected chi connectivity index (χ3v) is 6.93. The summed E-state index contributed by atoms with van der Waals surface area (Å²) in [7, 11) is -3.58. The van der Waals surface area contributed by atoms with Gasteiger partial charge in [0.1, 0.15) is 5.82 Å². The Morgan fingerprint density at radius 3 is 2.22 bits per heavy atom. The van der Waals surface area contributed by atoms with Crippen LogP contribution in [0.15, 0.2) is 65.6 Å². The number of hydrogen-bond donors (Lipinski definition) is 1. The highest BCUT2D eigenvalue weighted by Gasteiger charge is 2.23. The first kappa shape index (κ1) is 23.7. The number of rotatable bonds is 10. The van der Waals surface area contributed by atoms with E-state index in [1.54, 1.807) is 16.8 Å². The minimum absolute atomic E-state index is 0.195. The normalized spacial score (nSPS) is 11.6. The van der Waals surface area contributed by atoms with Crippen LogP contribution in [0.3, 0.4) is 0 Å². The summed E-state index contributed by atoms with van der Waals surface area (Å²) in [5, 5.41) is 7.36. The maximum atomic E-state index is 12.9. The minimum atomic E-state index is -3.58. The predicted octanol–water partition coefficient (Wildman–Crippen LogP) is 4.30. The molecule has 8 heteroatoms. The van der Waals surface area contributed by atoms with Gasteiger partial charge < -0.3 is 5.32 Å². The van der Waals surface area contributed by atoms with Crippen molar-refractivity contribution < 1.29 is 13.2 Å². The van der Waals surface area contributed by atoms with Crippen molar-refractivity contribution in [3.63, 3.8) is 0 Å². The van der Waals surface area contributed by atoms with Crippen molar-refractivity contribution in [2.45, 2.75) is 45.1 Å². The number of benzene rings is 2. The molecule has 1 aromatic heterocycles. The predicted molar refractivity (Wildman–Crippen MR) is 126 cm³/mol. The molecule has 0 saturated carbocycles. The van der Waals surface area contributed by atoms with E-state index in [0.29, 0.717) is 31.0 Å². The van der Waals surface area contributed by atoms with E-state index in [1.165, 1.54) is 16.4 Å². The zero-order valence-corrected chi connectivity index (χ0v) is 19.6. The Bertz CT molecular complexity index is 1130. The first-order valence-electron chi connectivity index (χ1n) is 10.8. The molecular formula is C24H30N4O3S. The SMILES string of the molecule is CCCN(CCC)S(=O)(=O)c1ccc(C(=O)Nc2cc(C)nn2Cc2ccccc2)cc1. The van der Waals surface area contributed by atoms with E-state index in [9.17, 15) is 13.2 Å². The lowest BCUT2D eigenvalue weighted by Gasteiger charge is -2.21. The fourth-order valence-corrected chi connectivity index (χ4v) is 5.11. The fraction of sp³-hybridized carbons (Fsp3) is 0.333. The van der Waals surface area contributed by atoms with Gasteiger partial charge in [0.05, 0.1) is 17.1 Å². The van der Waals surface area contributed by atoms with E-state index in [4.69, 9.17) is 0 Å². The molecule has 0 unspecified atom stereocenters. The third-order valence-electron chi connectivity index (χ3n) is 5.02. The molecule has 0 aliphatic heterocycles. The second-order valence-electron chi connectivity index (χ2n) is 7.70. The highest BCUT2D eigenvalue weighted by atomic mass is 32.2. The Balaban J connectivity index is 1.76. The summed E-state index contributed by atoms with van der Waals surface area (Å²) in [6.07, 6.45) is 1.49. The van der Waals surface area contributed by atoms with Gasteiger partial charge in [0, 0.05) is 24.7 Å². The van der Waals surface area contributed by atoms with Gasteiger partial charge in [-0.05, 0) is 49.6 Å². The number of carbonyl (C=O) groups is 1. The Morgan fingerprint density at radius 2 is 1.62 bits per heavy atom. The summed E-state index contributed by atoms with van der Waals surface area (Å²) in [5.74, 6) is 0.271. The van der Waals surface area contributed by atoms with E-state index in [2.05, 4.69) is 10.4 Å². The number of nitrogens with one attached hydrogen (secondary N) is 1. The van der Waals surface area contributed by atoms with Crippen LogP contribution in [-0.2, 0) is 16.6 Å². The van der Waals surface area contributed by atoms with Crippen LogP contribution in [0.4, 0.5) is 5.82 Å². The zero-order chi connectivity index (χ0) is 23.1. The van der Waals surface area contributed by atoms with Crippen molar-refractivity contribution in [2.75, 3.05) is 18.4 Å². The van der Waals surface area contributed by atoms with Gasteiger partial charge in [-0.2, -0.15) is 9.40 Å². The van der Waals surface area contributed by atoms with E-state index in [-0.39, 0.29) is 10.8 Å². The maximum Gasteiger partial charge on any atom is 0.256 e. The molecule has 3 rings (SSSR count). The smallest absolute Gasteiger partial charge is 0.256 e. The lowest BCUT2D eigenvalue weighted by molar-refractivity contribution is 0.102. The van der Waals surface area contributed by atoms with Crippen molar-refractivity contribution in [2.24, 2.45) is 0 Å². The first-order valence-corrected chi connectivity index (χ1v) is 12.3. The van der Waals surface area contributed by atoms with Crippen LogP contribution in [0.2, 0.25) is 0 Å². The summed E-state index contributed by atoms with van der Waals surface area (Å²) in [5.41, 5.74) is 2.25. The number of sulfonamides is 1. The molecular weight excluding hydrogens is 424 g/mol. The molecule has 0 spiro atoms. The topological polar surface area (TPSA) is 84.3 Å². The molecule has 7 nitrogen and oxygen atoms in total. The molecule has 170 valence electrons. The van der Waals surface area contributed by atoms with Crippen LogP contribution in [0.1, 0.15) is 48.3 Å². The van der Waals surface area contributed by atoms with E-state index >= 15 is 0 Å². The summed E-state index contributed by atoms with van der Waals surface area (Å²) in [6, 6.07) is 17.8. The van der Waals surface area contributed by atoms with Crippen LogP contribution >= 0.6 is 0 Å². The summed E-state index contributed by atoms with van der Waals surface area (Å²) < 4.78 is 29.1. The second-order valence-corrected chi connectivity index (χ2v) is 9.63. The largest absolute Gasteiger partial charge is 0.307 e. The van der Waals surface area contributed by atoms with E-state index in [0.717, 1.165) is 24.1 Å². The van der Waals surface area contributed by atoms with Crippen LogP contribution in [0.5, 0.6) is 0 Å². The third kappa shape index (κ3) is 5.63. The molecule has 0 atom stereocenters. The van der Waals surface area contributed by atoms with Gasteiger partial charge >= 0.3 is 0 Å². The van der Waals surface area contributed by atoms with Crippen molar-refractivity contribution in [1.82, 2.24) is 14.1 Å². The Kier molecular flexibility index (Phi) is 7.82. The van der Waals surface area contributed by atoms with Crippen LogP contribution < -0.4 is 5.32 Å². The van der Waals surface area contributed by atoms with Gasteiger partial charge in [-0.3, -0.25) is 4.79 Å². The van der Waals surface area contributed by atoms with Gasteiger partial charge in [-0.1, -0.05) is 44.2 Å².